The van der Waals surface area contributed by atoms with E-state index in [2.05, 4.69) is 46.3 Å². The highest BCUT2D eigenvalue weighted by Gasteiger charge is 2.57. The number of halogens is 1. The molecule has 2 atom stereocenters. The molecule has 0 aromatic heterocycles. The van der Waals surface area contributed by atoms with Gasteiger partial charge in [0.05, 0.1) is 0 Å². The average molecular weight is 457 g/mol. The predicted molar refractivity (Wildman–Crippen MR) is 114 cm³/mol. The van der Waals surface area contributed by atoms with Crippen LogP contribution in [-0.4, -0.2) is 40.0 Å². The van der Waals surface area contributed by atoms with E-state index in [0.717, 1.165) is 29.4 Å². The standard InChI is InChI=1S/C22H21BrN2O2S/c23-18-7-5-17(6-8-18)22-11-9-20(26)25(22)19(14-28-22)21(27)24-12-10-15-3-1-2-4-16(15)13-24/h1-8,19H,9-14H2. The van der Waals surface area contributed by atoms with Crippen LogP contribution in [0.1, 0.15) is 29.5 Å². The van der Waals surface area contributed by atoms with E-state index in [1.165, 1.54) is 11.1 Å². The van der Waals surface area contributed by atoms with Crippen molar-refractivity contribution >= 4 is 39.5 Å². The zero-order valence-electron chi connectivity index (χ0n) is 15.4. The van der Waals surface area contributed by atoms with Gasteiger partial charge in [-0.1, -0.05) is 52.3 Å². The number of nitrogens with zero attached hydrogens (tertiary/aromatic N) is 2. The van der Waals surface area contributed by atoms with Gasteiger partial charge in [-0.2, -0.15) is 0 Å². The summed E-state index contributed by atoms with van der Waals surface area (Å²) >= 11 is 5.24. The molecule has 2 saturated heterocycles. The summed E-state index contributed by atoms with van der Waals surface area (Å²) in [6.45, 7) is 1.37. The van der Waals surface area contributed by atoms with Crippen molar-refractivity contribution in [3.05, 3.63) is 69.7 Å². The van der Waals surface area contributed by atoms with Gasteiger partial charge in [0.2, 0.25) is 11.8 Å². The Morgan fingerprint density at radius 3 is 2.61 bits per heavy atom. The van der Waals surface area contributed by atoms with E-state index in [9.17, 15) is 9.59 Å². The lowest BCUT2D eigenvalue weighted by molar-refractivity contribution is -0.144. The molecule has 28 heavy (non-hydrogen) atoms. The van der Waals surface area contributed by atoms with Gasteiger partial charge in [-0.3, -0.25) is 9.59 Å². The number of rotatable bonds is 2. The Bertz CT molecular complexity index is 948. The van der Waals surface area contributed by atoms with Crippen LogP contribution in [0.3, 0.4) is 0 Å². The highest BCUT2D eigenvalue weighted by Crippen LogP contribution is 2.54. The van der Waals surface area contributed by atoms with Crippen LogP contribution in [-0.2, 0) is 27.4 Å². The summed E-state index contributed by atoms with van der Waals surface area (Å²) in [7, 11) is 0. The van der Waals surface area contributed by atoms with Crippen LogP contribution in [0.25, 0.3) is 0 Å². The molecule has 0 bridgehead atoms. The molecule has 0 saturated carbocycles. The molecule has 0 spiro atoms. The molecule has 5 rings (SSSR count). The maximum atomic E-state index is 13.4. The lowest BCUT2D eigenvalue weighted by atomic mass is 9.99. The molecule has 2 aromatic carbocycles. The van der Waals surface area contributed by atoms with Crippen molar-refractivity contribution in [2.24, 2.45) is 0 Å². The molecule has 3 heterocycles. The van der Waals surface area contributed by atoms with Crippen molar-refractivity contribution in [3.63, 3.8) is 0 Å². The minimum atomic E-state index is -0.397. The lowest BCUT2D eigenvalue weighted by Gasteiger charge is -2.37. The molecule has 2 fully saturated rings. The molecule has 4 nitrogen and oxygen atoms in total. The number of amides is 2. The zero-order valence-corrected chi connectivity index (χ0v) is 17.8. The summed E-state index contributed by atoms with van der Waals surface area (Å²) in [6.07, 6.45) is 2.16. The van der Waals surface area contributed by atoms with Gasteiger partial charge in [-0.05, 0) is 41.7 Å². The third kappa shape index (κ3) is 2.80. The second-order valence-electron chi connectivity index (χ2n) is 7.66. The summed E-state index contributed by atoms with van der Waals surface area (Å²) in [5, 5.41) is 0. The van der Waals surface area contributed by atoms with Crippen LogP contribution in [0.15, 0.2) is 53.0 Å². The SMILES string of the molecule is O=C(C1CSC2(c3ccc(Br)cc3)CCC(=O)N12)N1CCc2ccccc2C1. The van der Waals surface area contributed by atoms with Gasteiger partial charge < -0.3 is 9.80 Å². The molecule has 6 heteroatoms. The molecule has 2 unspecified atom stereocenters. The Balaban J connectivity index is 1.43. The van der Waals surface area contributed by atoms with Gasteiger partial charge in [0.15, 0.2) is 0 Å². The summed E-state index contributed by atoms with van der Waals surface area (Å²) in [6, 6.07) is 16.1. The minimum Gasteiger partial charge on any atom is -0.336 e. The summed E-state index contributed by atoms with van der Waals surface area (Å²) in [5.74, 6) is 0.860. The summed E-state index contributed by atoms with van der Waals surface area (Å²) in [5.41, 5.74) is 3.67. The summed E-state index contributed by atoms with van der Waals surface area (Å²) in [4.78, 5) is 29.7. The summed E-state index contributed by atoms with van der Waals surface area (Å²) < 4.78 is 1.02. The molecule has 3 aliphatic rings. The van der Waals surface area contributed by atoms with Crippen molar-refractivity contribution in [1.29, 1.82) is 0 Å². The van der Waals surface area contributed by atoms with Crippen LogP contribution >= 0.6 is 27.7 Å². The molecular formula is C22H21BrN2O2S. The highest BCUT2D eigenvalue weighted by molar-refractivity contribution is 9.10. The average Bonchev–Trinajstić information content (AvgIpc) is 3.27. The Labute approximate surface area is 177 Å². The minimum absolute atomic E-state index is 0.0937. The largest absolute Gasteiger partial charge is 0.336 e. The first-order chi connectivity index (χ1) is 13.6. The highest BCUT2D eigenvalue weighted by atomic mass is 79.9. The Morgan fingerprint density at radius 2 is 1.82 bits per heavy atom. The molecule has 0 N–H and O–H groups in total. The van der Waals surface area contributed by atoms with Gasteiger partial charge in [0.1, 0.15) is 10.9 Å². The second kappa shape index (κ2) is 6.92. The number of hydrogen-bond donors (Lipinski definition) is 0. The smallest absolute Gasteiger partial charge is 0.246 e. The molecule has 0 radical (unpaired) electrons. The fourth-order valence-corrected chi connectivity index (χ4v) is 6.64. The van der Waals surface area contributed by atoms with E-state index in [1.54, 1.807) is 11.8 Å². The van der Waals surface area contributed by atoms with E-state index in [0.29, 0.717) is 18.7 Å². The molecular weight excluding hydrogens is 436 g/mol. The number of hydrogen-bond acceptors (Lipinski definition) is 3. The van der Waals surface area contributed by atoms with Crippen LogP contribution in [0, 0.1) is 0 Å². The predicted octanol–water partition coefficient (Wildman–Crippen LogP) is 3.92. The molecule has 2 amide bonds. The van der Waals surface area contributed by atoms with E-state index in [-0.39, 0.29) is 17.9 Å². The van der Waals surface area contributed by atoms with Crippen LogP contribution in [0.5, 0.6) is 0 Å². The Morgan fingerprint density at radius 1 is 1.07 bits per heavy atom. The normalized spacial score (nSPS) is 26.3. The van der Waals surface area contributed by atoms with Crippen molar-refractivity contribution in [2.45, 2.75) is 36.7 Å². The molecule has 2 aromatic rings. The Hall–Kier alpha value is -1.79. The first kappa shape index (κ1) is 18.3. The van der Waals surface area contributed by atoms with E-state index >= 15 is 0 Å². The maximum absolute atomic E-state index is 13.4. The van der Waals surface area contributed by atoms with Gasteiger partial charge >= 0.3 is 0 Å². The topological polar surface area (TPSA) is 40.6 Å². The second-order valence-corrected chi connectivity index (χ2v) is 9.87. The molecule has 0 aliphatic carbocycles. The van der Waals surface area contributed by atoms with Crippen LogP contribution in [0.2, 0.25) is 0 Å². The third-order valence-corrected chi connectivity index (χ3v) is 8.28. The Kier molecular flexibility index (Phi) is 4.51. The van der Waals surface area contributed by atoms with Crippen molar-refractivity contribution in [2.75, 3.05) is 12.3 Å². The monoisotopic (exact) mass is 456 g/mol. The van der Waals surface area contributed by atoms with Crippen molar-refractivity contribution in [1.82, 2.24) is 9.80 Å². The van der Waals surface area contributed by atoms with Crippen molar-refractivity contribution < 1.29 is 9.59 Å². The number of fused-ring (bicyclic) bond motifs is 2. The van der Waals surface area contributed by atoms with Gasteiger partial charge in [-0.15, -0.1) is 11.8 Å². The fourth-order valence-electron chi connectivity index (χ4n) is 4.73. The van der Waals surface area contributed by atoms with Gasteiger partial charge in [0, 0.05) is 29.7 Å². The van der Waals surface area contributed by atoms with Gasteiger partial charge in [0.25, 0.3) is 0 Å². The third-order valence-electron chi connectivity index (χ3n) is 6.15. The van der Waals surface area contributed by atoms with E-state index in [1.807, 2.05) is 28.0 Å². The van der Waals surface area contributed by atoms with E-state index < -0.39 is 4.87 Å². The van der Waals surface area contributed by atoms with Crippen molar-refractivity contribution in [3.8, 4) is 0 Å². The number of benzene rings is 2. The first-order valence-corrected chi connectivity index (χ1v) is 11.4. The van der Waals surface area contributed by atoms with E-state index in [4.69, 9.17) is 0 Å². The van der Waals surface area contributed by atoms with Crippen LogP contribution < -0.4 is 0 Å². The molecule has 144 valence electrons. The van der Waals surface area contributed by atoms with Gasteiger partial charge in [-0.25, -0.2) is 0 Å². The molecule has 3 aliphatic heterocycles. The number of thioether (sulfide) groups is 1. The number of carbonyl (C=O) groups is 2. The maximum Gasteiger partial charge on any atom is 0.246 e. The zero-order chi connectivity index (χ0) is 19.3. The quantitative estimate of drug-likeness (QED) is 0.687. The number of carbonyl (C=O) groups excluding carboxylic acids is 2. The fraction of sp³-hybridized carbons (Fsp3) is 0.364. The first-order valence-electron chi connectivity index (χ1n) is 9.66. The van der Waals surface area contributed by atoms with Crippen LogP contribution in [0.4, 0.5) is 0 Å². The lowest BCUT2D eigenvalue weighted by Crippen LogP contribution is -2.52.